The SMILES string of the molecule is Cc1cccc(CNCC(C)(C)N2CCOCC2)c1O. The predicted octanol–water partition coefficient (Wildman–Crippen LogP) is 1.90. The fraction of sp³-hybridized carbons (Fsp3) is 0.625. The Balaban J connectivity index is 1.86. The molecule has 1 saturated heterocycles. The van der Waals surface area contributed by atoms with E-state index in [1.54, 1.807) is 0 Å². The van der Waals surface area contributed by atoms with Gasteiger partial charge in [-0.3, -0.25) is 4.90 Å². The van der Waals surface area contributed by atoms with Crippen LogP contribution in [0.15, 0.2) is 18.2 Å². The minimum atomic E-state index is 0.100. The monoisotopic (exact) mass is 278 g/mol. The number of hydrogen-bond donors (Lipinski definition) is 2. The first-order chi connectivity index (χ1) is 9.50. The van der Waals surface area contributed by atoms with E-state index in [9.17, 15) is 5.11 Å². The number of phenols is 1. The highest BCUT2D eigenvalue weighted by Crippen LogP contribution is 2.21. The van der Waals surface area contributed by atoms with Crippen molar-refractivity contribution in [3.8, 4) is 5.75 Å². The summed E-state index contributed by atoms with van der Waals surface area (Å²) in [5, 5.41) is 13.5. The van der Waals surface area contributed by atoms with Gasteiger partial charge in [0.15, 0.2) is 0 Å². The standard InChI is InChI=1S/C16H26N2O2/c1-13-5-4-6-14(15(13)19)11-17-12-16(2,3)18-7-9-20-10-8-18/h4-6,17,19H,7-12H2,1-3H3. The van der Waals surface area contributed by atoms with E-state index < -0.39 is 0 Å². The Labute approximate surface area is 121 Å². The highest BCUT2D eigenvalue weighted by atomic mass is 16.5. The Kier molecular flexibility index (Phi) is 5.02. The lowest BCUT2D eigenvalue weighted by Gasteiger charge is -2.41. The number of benzene rings is 1. The zero-order valence-corrected chi connectivity index (χ0v) is 12.8. The van der Waals surface area contributed by atoms with Crippen molar-refractivity contribution in [2.45, 2.75) is 32.9 Å². The van der Waals surface area contributed by atoms with E-state index in [0.717, 1.165) is 44.0 Å². The van der Waals surface area contributed by atoms with Crippen LogP contribution in [0.25, 0.3) is 0 Å². The van der Waals surface area contributed by atoms with Gasteiger partial charge in [0.05, 0.1) is 13.2 Å². The number of aromatic hydroxyl groups is 1. The number of para-hydroxylation sites is 1. The van der Waals surface area contributed by atoms with Gasteiger partial charge in [-0.05, 0) is 26.3 Å². The summed E-state index contributed by atoms with van der Waals surface area (Å²) in [6.07, 6.45) is 0. The zero-order chi connectivity index (χ0) is 14.6. The summed E-state index contributed by atoms with van der Waals surface area (Å²) < 4.78 is 5.40. The normalized spacial score (nSPS) is 17.4. The Morgan fingerprint density at radius 3 is 2.70 bits per heavy atom. The molecule has 4 nitrogen and oxygen atoms in total. The molecule has 2 N–H and O–H groups in total. The Morgan fingerprint density at radius 2 is 2.00 bits per heavy atom. The molecule has 1 aliphatic heterocycles. The summed E-state index contributed by atoms with van der Waals surface area (Å²) >= 11 is 0. The van der Waals surface area contributed by atoms with E-state index in [1.807, 2.05) is 25.1 Å². The van der Waals surface area contributed by atoms with Crippen LogP contribution in [0.2, 0.25) is 0 Å². The molecule has 20 heavy (non-hydrogen) atoms. The van der Waals surface area contributed by atoms with Crippen LogP contribution in [0.1, 0.15) is 25.0 Å². The molecule has 1 aromatic carbocycles. The molecule has 0 atom stereocenters. The highest BCUT2D eigenvalue weighted by molar-refractivity contribution is 5.39. The number of ether oxygens (including phenoxy) is 1. The van der Waals surface area contributed by atoms with Crippen LogP contribution in [0.4, 0.5) is 0 Å². The van der Waals surface area contributed by atoms with E-state index in [2.05, 4.69) is 24.1 Å². The van der Waals surface area contributed by atoms with Crippen molar-refractivity contribution < 1.29 is 9.84 Å². The highest BCUT2D eigenvalue weighted by Gasteiger charge is 2.27. The Hall–Kier alpha value is -1.10. The second-order valence-corrected chi connectivity index (χ2v) is 6.10. The average Bonchev–Trinajstić information content (AvgIpc) is 2.44. The second-order valence-electron chi connectivity index (χ2n) is 6.10. The van der Waals surface area contributed by atoms with Crippen molar-refractivity contribution in [2.75, 3.05) is 32.8 Å². The minimum Gasteiger partial charge on any atom is -0.507 e. The average molecular weight is 278 g/mol. The van der Waals surface area contributed by atoms with E-state index in [1.165, 1.54) is 0 Å². The molecule has 1 heterocycles. The topological polar surface area (TPSA) is 44.7 Å². The molecular formula is C16H26N2O2. The summed E-state index contributed by atoms with van der Waals surface area (Å²) in [7, 11) is 0. The maximum atomic E-state index is 10.0. The van der Waals surface area contributed by atoms with Crippen LogP contribution >= 0.6 is 0 Å². The van der Waals surface area contributed by atoms with Gasteiger partial charge in [0, 0.05) is 37.3 Å². The first-order valence-corrected chi connectivity index (χ1v) is 7.32. The summed E-state index contributed by atoms with van der Waals surface area (Å²) in [4.78, 5) is 2.46. The van der Waals surface area contributed by atoms with Gasteiger partial charge in [-0.15, -0.1) is 0 Å². The number of hydrogen-bond acceptors (Lipinski definition) is 4. The Bertz CT molecular complexity index is 440. The third-order valence-corrected chi connectivity index (χ3v) is 4.06. The number of nitrogens with one attached hydrogen (secondary N) is 1. The van der Waals surface area contributed by atoms with Gasteiger partial charge in [-0.2, -0.15) is 0 Å². The van der Waals surface area contributed by atoms with Gasteiger partial charge in [0.1, 0.15) is 5.75 Å². The molecule has 1 aliphatic rings. The molecule has 0 spiro atoms. The van der Waals surface area contributed by atoms with Crippen molar-refractivity contribution >= 4 is 0 Å². The molecule has 0 amide bonds. The number of phenolic OH excluding ortho intramolecular Hbond substituents is 1. The lowest BCUT2D eigenvalue weighted by Crippen LogP contribution is -2.54. The quantitative estimate of drug-likeness (QED) is 0.863. The molecule has 112 valence electrons. The third kappa shape index (κ3) is 3.72. The van der Waals surface area contributed by atoms with Crippen LogP contribution < -0.4 is 5.32 Å². The smallest absolute Gasteiger partial charge is 0.122 e. The van der Waals surface area contributed by atoms with Crippen molar-refractivity contribution in [1.29, 1.82) is 0 Å². The van der Waals surface area contributed by atoms with Gasteiger partial charge in [-0.1, -0.05) is 18.2 Å². The molecule has 2 rings (SSSR count). The number of rotatable bonds is 5. The fourth-order valence-electron chi connectivity index (χ4n) is 2.65. The second kappa shape index (κ2) is 6.57. The first kappa shape index (κ1) is 15.3. The van der Waals surface area contributed by atoms with Crippen molar-refractivity contribution in [2.24, 2.45) is 0 Å². The number of aryl methyl sites for hydroxylation is 1. The summed E-state index contributed by atoms with van der Waals surface area (Å²) in [5.41, 5.74) is 1.99. The zero-order valence-electron chi connectivity index (χ0n) is 12.8. The summed E-state index contributed by atoms with van der Waals surface area (Å²) in [6, 6.07) is 5.88. The minimum absolute atomic E-state index is 0.100. The van der Waals surface area contributed by atoms with E-state index in [4.69, 9.17) is 4.74 Å². The van der Waals surface area contributed by atoms with Gasteiger partial charge in [0.2, 0.25) is 0 Å². The summed E-state index contributed by atoms with van der Waals surface area (Å²) in [5.74, 6) is 0.407. The molecule has 0 saturated carbocycles. The predicted molar refractivity (Wildman–Crippen MR) is 81.0 cm³/mol. The van der Waals surface area contributed by atoms with E-state index >= 15 is 0 Å². The number of nitrogens with zero attached hydrogens (tertiary/aromatic N) is 1. The van der Waals surface area contributed by atoms with Gasteiger partial charge in [0.25, 0.3) is 0 Å². The summed E-state index contributed by atoms with van der Waals surface area (Å²) in [6.45, 7) is 11.6. The van der Waals surface area contributed by atoms with Gasteiger partial charge >= 0.3 is 0 Å². The van der Waals surface area contributed by atoms with Crippen LogP contribution in [0, 0.1) is 6.92 Å². The molecule has 1 aromatic rings. The lowest BCUT2D eigenvalue weighted by molar-refractivity contribution is -0.00967. The van der Waals surface area contributed by atoms with Crippen LogP contribution in [-0.2, 0) is 11.3 Å². The van der Waals surface area contributed by atoms with Crippen LogP contribution in [0.5, 0.6) is 5.75 Å². The van der Waals surface area contributed by atoms with Crippen LogP contribution in [-0.4, -0.2) is 48.4 Å². The van der Waals surface area contributed by atoms with Crippen molar-refractivity contribution in [3.05, 3.63) is 29.3 Å². The molecule has 0 aromatic heterocycles. The maximum absolute atomic E-state index is 10.0. The molecular weight excluding hydrogens is 252 g/mol. The molecule has 4 heteroatoms. The number of morpholine rings is 1. The van der Waals surface area contributed by atoms with E-state index in [-0.39, 0.29) is 5.54 Å². The van der Waals surface area contributed by atoms with Crippen LogP contribution in [0.3, 0.4) is 0 Å². The van der Waals surface area contributed by atoms with Gasteiger partial charge < -0.3 is 15.2 Å². The Morgan fingerprint density at radius 1 is 1.30 bits per heavy atom. The van der Waals surface area contributed by atoms with Gasteiger partial charge in [-0.25, -0.2) is 0 Å². The largest absolute Gasteiger partial charge is 0.507 e. The first-order valence-electron chi connectivity index (χ1n) is 7.32. The van der Waals surface area contributed by atoms with Crippen molar-refractivity contribution in [1.82, 2.24) is 10.2 Å². The fourth-order valence-corrected chi connectivity index (χ4v) is 2.65. The molecule has 0 bridgehead atoms. The molecule has 1 fully saturated rings. The molecule has 0 unspecified atom stereocenters. The maximum Gasteiger partial charge on any atom is 0.122 e. The molecule has 0 aliphatic carbocycles. The lowest BCUT2D eigenvalue weighted by atomic mass is 10.0. The third-order valence-electron chi connectivity index (χ3n) is 4.06. The molecule has 0 radical (unpaired) electrons. The van der Waals surface area contributed by atoms with E-state index in [0.29, 0.717) is 12.3 Å². The van der Waals surface area contributed by atoms with Crippen molar-refractivity contribution in [3.63, 3.8) is 0 Å².